The second-order valence-electron chi connectivity index (χ2n) is 5.48. The van der Waals surface area contributed by atoms with Gasteiger partial charge in [0.1, 0.15) is 5.69 Å². The van der Waals surface area contributed by atoms with Crippen LogP contribution in [0.4, 0.5) is 0 Å². The SMILES string of the molecule is CN1CCC(c2cc(C(=O)c3ccccc3)n[nH]2)CC1. The number of H-pyrrole nitrogens is 1. The summed E-state index contributed by atoms with van der Waals surface area (Å²) < 4.78 is 0. The van der Waals surface area contributed by atoms with Crippen LogP contribution in [0.2, 0.25) is 0 Å². The normalized spacial score (nSPS) is 17.2. The Labute approximate surface area is 118 Å². The van der Waals surface area contributed by atoms with Gasteiger partial charge < -0.3 is 4.90 Å². The van der Waals surface area contributed by atoms with Gasteiger partial charge in [-0.05, 0) is 39.0 Å². The Hall–Kier alpha value is -1.94. The summed E-state index contributed by atoms with van der Waals surface area (Å²) >= 11 is 0. The van der Waals surface area contributed by atoms with Gasteiger partial charge in [-0.15, -0.1) is 0 Å². The van der Waals surface area contributed by atoms with E-state index in [0.29, 0.717) is 17.2 Å². The quantitative estimate of drug-likeness (QED) is 0.871. The van der Waals surface area contributed by atoms with Crippen LogP contribution in [0.25, 0.3) is 0 Å². The number of aromatic nitrogens is 2. The van der Waals surface area contributed by atoms with E-state index in [1.54, 1.807) is 0 Å². The maximum atomic E-state index is 12.3. The van der Waals surface area contributed by atoms with Crippen LogP contribution in [-0.4, -0.2) is 41.0 Å². The van der Waals surface area contributed by atoms with Gasteiger partial charge >= 0.3 is 0 Å². The molecule has 4 heteroatoms. The van der Waals surface area contributed by atoms with Gasteiger partial charge in [-0.2, -0.15) is 5.10 Å². The molecule has 0 atom stereocenters. The number of ketones is 1. The van der Waals surface area contributed by atoms with Gasteiger partial charge in [0.25, 0.3) is 0 Å². The predicted octanol–water partition coefficient (Wildman–Crippen LogP) is 2.45. The molecule has 3 rings (SSSR count). The van der Waals surface area contributed by atoms with Crippen molar-refractivity contribution in [2.45, 2.75) is 18.8 Å². The van der Waals surface area contributed by atoms with E-state index in [9.17, 15) is 4.79 Å². The summed E-state index contributed by atoms with van der Waals surface area (Å²) in [5.41, 5.74) is 2.30. The molecule has 0 amide bonds. The largest absolute Gasteiger partial charge is 0.306 e. The number of aromatic amines is 1. The van der Waals surface area contributed by atoms with Crippen LogP contribution in [0.5, 0.6) is 0 Å². The zero-order valence-corrected chi connectivity index (χ0v) is 11.7. The van der Waals surface area contributed by atoms with Crippen molar-refractivity contribution in [2.24, 2.45) is 0 Å². The van der Waals surface area contributed by atoms with Gasteiger partial charge in [-0.3, -0.25) is 9.89 Å². The van der Waals surface area contributed by atoms with E-state index in [1.807, 2.05) is 36.4 Å². The molecule has 1 aromatic carbocycles. The lowest BCUT2D eigenvalue weighted by atomic mass is 9.93. The van der Waals surface area contributed by atoms with E-state index in [2.05, 4.69) is 22.1 Å². The third-order valence-electron chi connectivity index (χ3n) is 4.02. The molecule has 0 radical (unpaired) electrons. The lowest BCUT2D eigenvalue weighted by molar-refractivity contribution is 0.103. The second kappa shape index (κ2) is 5.59. The van der Waals surface area contributed by atoms with Crippen LogP contribution in [-0.2, 0) is 0 Å². The number of benzene rings is 1. The van der Waals surface area contributed by atoms with E-state index in [0.717, 1.165) is 31.6 Å². The smallest absolute Gasteiger partial charge is 0.213 e. The number of hydrogen-bond donors (Lipinski definition) is 1. The third kappa shape index (κ3) is 2.65. The molecule has 1 aromatic heterocycles. The molecule has 4 nitrogen and oxygen atoms in total. The van der Waals surface area contributed by atoms with E-state index < -0.39 is 0 Å². The molecule has 1 aliphatic rings. The first-order chi connectivity index (χ1) is 9.74. The summed E-state index contributed by atoms with van der Waals surface area (Å²) in [7, 11) is 2.15. The van der Waals surface area contributed by atoms with Crippen LogP contribution >= 0.6 is 0 Å². The minimum Gasteiger partial charge on any atom is -0.306 e. The van der Waals surface area contributed by atoms with Crippen LogP contribution in [0, 0.1) is 0 Å². The standard InChI is InChI=1S/C16H19N3O/c1-19-9-7-12(8-10-19)14-11-15(18-17-14)16(20)13-5-3-2-4-6-13/h2-6,11-12H,7-10H2,1H3,(H,17,18). The average molecular weight is 269 g/mol. The number of nitrogens with one attached hydrogen (secondary N) is 1. The van der Waals surface area contributed by atoms with Crippen molar-refractivity contribution in [3.8, 4) is 0 Å². The number of likely N-dealkylation sites (tertiary alicyclic amines) is 1. The van der Waals surface area contributed by atoms with Crippen molar-refractivity contribution in [2.75, 3.05) is 20.1 Å². The number of piperidine rings is 1. The summed E-state index contributed by atoms with van der Waals surface area (Å²) in [6.07, 6.45) is 2.25. The molecule has 0 spiro atoms. The average Bonchev–Trinajstić information content (AvgIpc) is 2.98. The van der Waals surface area contributed by atoms with Gasteiger partial charge in [0, 0.05) is 17.2 Å². The minimum atomic E-state index is -0.0129. The molecular weight excluding hydrogens is 250 g/mol. The summed E-state index contributed by atoms with van der Waals surface area (Å²) in [5, 5.41) is 7.25. The third-order valence-corrected chi connectivity index (χ3v) is 4.02. The molecule has 104 valence electrons. The lowest BCUT2D eigenvalue weighted by Gasteiger charge is -2.27. The van der Waals surface area contributed by atoms with Crippen molar-refractivity contribution in [1.82, 2.24) is 15.1 Å². The fourth-order valence-electron chi connectivity index (χ4n) is 2.72. The van der Waals surface area contributed by atoms with E-state index >= 15 is 0 Å². The zero-order chi connectivity index (χ0) is 13.9. The first-order valence-corrected chi connectivity index (χ1v) is 7.07. The molecule has 1 aliphatic heterocycles. The minimum absolute atomic E-state index is 0.0129. The molecule has 1 saturated heterocycles. The Morgan fingerprint density at radius 2 is 1.95 bits per heavy atom. The topological polar surface area (TPSA) is 49.0 Å². The predicted molar refractivity (Wildman–Crippen MR) is 77.9 cm³/mol. The van der Waals surface area contributed by atoms with Gasteiger partial charge in [0.05, 0.1) is 0 Å². The first-order valence-electron chi connectivity index (χ1n) is 7.07. The summed E-state index contributed by atoms with van der Waals surface area (Å²) in [6, 6.07) is 11.2. The highest BCUT2D eigenvalue weighted by Gasteiger charge is 2.21. The Bertz CT molecular complexity index is 583. The van der Waals surface area contributed by atoms with Crippen molar-refractivity contribution in [3.05, 3.63) is 53.3 Å². The fraction of sp³-hybridized carbons (Fsp3) is 0.375. The van der Waals surface area contributed by atoms with E-state index in [1.165, 1.54) is 0 Å². The molecule has 0 saturated carbocycles. The lowest BCUT2D eigenvalue weighted by Crippen LogP contribution is -2.29. The van der Waals surface area contributed by atoms with Gasteiger partial charge in [0.15, 0.2) is 0 Å². The van der Waals surface area contributed by atoms with Crippen LogP contribution in [0.1, 0.15) is 40.5 Å². The Balaban J connectivity index is 1.75. The van der Waals surface area contributed by atoms with Gasteiger partial charge in [-0.1, -0.05) is 30.3 Å². The van der Waals surface area contributed by atoms with Gasteiger partial charge in [0.2, 0.25) is 5.78 Å². The highest BCUT2D eigenvalue weighted by molar-refractivity contribution is 6.07. The molecule has 1 fully saturated rings. The number of rotatable bonds is 3. The molecule has 20 heavy (non-hydrogen) atoms. The molecule has 1 N–H and O–H groups in total. The fourth-order valence-corrected chi connectivity index (χ4v) is 2.72. The molecular formula is C16H19N3O. The molecule has 2 heterocycles. The highest BCUT2D eigenvalue weighted by Crippen LogP contribution is 2.26. The zero-order valence-electron chi connectivity index (χ0n) is 11.7. The van der Waals surface area contributed by atoms with E-state index in [4.69, 9.17) is 0 Å². The second-order valence-corrected chi connectivity index (χ2v) is 5.48. The first kappa shape index (κ1) is 13.1. The summed E-state index contributed by atoms with van der Waals surface area (Å²) in [5.74, 6) is 0.483. The Kier molecular flexibility index (Phi) is 3.65. The van der Waals surface area contributed by atoms with Crippen molar-refractivity contribution in [1.29, 1.82) is 0 Å². The molecule has 2 aromatic rings. The Morgan fingerprint density at radius 1 is 1.25 bits per heavy atom. The van der Waals surface area contributed by atoms with Crippen molar-refractivity contribution in [3.63, 3.8) is 0 Å². The highest BCUT2D eigenvalue weighted by atomic mass is 16.1. The van der Waals surface area contributed by atoms with Crippen molar-refractivity contribution >= 4 is 5.78 Å². The number of nitrogens with zero attached hydrogens (tertiary/aromatic N) is 2. The number of hydrogen-bond acceptors (Lipinski definition) is 3. The molecule has 0 bridgehead atoms. The molecule has 0 unspecified atom stereocenters. The number of carbonyl (C=O) groups is 1. The van der Waals surface area contributed by atoms with Crippen LogP contribution in [0.15, 0.2) is 36.4 Å². The van der Waals surface area contributed by atoms with Crippen LogP contribution in [0.3, 0.4) is 0 Å². The summed E-state index contributed by atoms with van der Waals surface area (Å²) in [4.78, 5) is 14.6. The monoisotopic (exact) mass is 269 g/mol. The number of carbonyl (C=O) groups excluding carboxylic acids is 1. The van der Waals surface area contributed by atoms with Crippen molar-refractivity contribution < 1.29 is 4.79 Å². The summed E-state index contributed by atoms with van der Waals surface area (Å²) in [6.45, 7) is 2.21. The maximum Gasteiger partial charge on any atom is 0.213 e. The van der Waals surface area contributed by atoms with Crippen LogP contribution < -0.4 is 0 Å². The maximum absolute atomic E-state index is 12.3. The van der Waals surface area contributed by atoms with Gasteiger partial charge in [-0.25, -0.2) is 0 Å². The molecule has 0 aliphatic carbocycles. The van der Waals surface area contributed by atoms with E-state index in [-0.39, 0.29) is 5.78 Å². The Morgan fingerprint density at radius 3 is 2.65 bits per heavy atom.